The van der Waals surface area contributed by atoms with Crippen LogP contribution in [0.25, 0.3) is 0 Å². The van der Waals surface area contributed by atoms with Crippen molar-refractivity contribution in [1.29, 1.82) is 0 Å². The fourth-order valence-electron chi connectivity index (χ4n) is 6.28. The third-order valence-corrected chi connectivity index (χ3v) is 9.14. The third-order valence-electron chi connectivity index (χ3n) is 8.71. The smallest absolute Gasteiger partial charge is 0.199 e. The first kappa shape index (κ1) is 22.8. The second-order valence-corrected chi connectivity index (χ2v) is 10.9. The maximum absolute atomic E-state index is 12.4. The van der Waals surface area contributed by atoms with E-state index in [1.54, 1.807) is 11.6 Å². The van der Waals surface area contributed by atoms with Gasteiger partial charge in [0.1, 0.15) is 5.41 Å². The highest BCUT2D eigenvalue weighted by atomic mass is 32.1. The summed E-state index contributed by atoms with van der Waals surface area (Å²) in [6.07, 6.45) is 18.8. The molecule has 0 spiro atoms. The lowest BCUT2D eigenvalue weighted by Crippen LogP contribution is -2.33. The summed E-state index contributed by atoms with van der Waals surface area (Å²) >= 11 is 3.92. The monoisotopic (exact) mass is 440 g/mol. The number of hydrogen-bond acceptors (Lipinski definition) is 3. The number of aliphatic hydroxyl groups excluding tert-OH is 1. The Morgan fingerprint density at radius 2 is 1.94 bits per heavy atom. The number of carbonyl (C=O) groups excluding carboxylic acids is 2. The van der Waals surface area contributed by atoms with Crippen molar-refractivity contribution in [2.24, 2.45) is 22.7 Å². The van der Waals surface area contributed by atoms with E-state index in [9.17, 15) is 14.7 Å². The Labute approximate surface area is 192 Å². The van der Waals surface area contributed by atoms with Gasteiger partial charge in [-0.2, -0.15) is 0 Å². The lowest BCUT2D eigenvalue weighted by atomic mass is 9.63. The first-order valence-corrected chi connectivity index (χ1v) is 12.4. The quantitative estimate of drug-likeness (QED) is 0.234. The number of thiol groups is 1. The number of allylic oxidation sites excluding steroid dienone is 5. The van der Waals surface area contributed by atoms with E-state index in [1.807, 2.05) is 6.08 Å². The normalized spacial score (nSPS) is 37.4. The summed E-state index contributed by atoms with van der Waals surface area (Å²) in [5, 5.41) is 9.83. The Kier molecular flexibility index (Phi) is 6.52. The predicted octanol–water partition coefficient (Wildman–Crippen LogP) is 5.91. The van der Waals surface area contributed by atoms with Gasteiger partial charge in [-0.05, 0) is 99.5 Å². The zero-order chi connectivity index (χ0) is 22.2. The summed E-state index contributed by atoms with van der Waals surface area (Å²) in [5.74, 6) is 1.14. The van der Waals surface area contributed by atoms with Gasteiger partial charge in [0.05, 0.1) is 6.10 Å². The molecule has 0 radical (unpaired) electrons. The van der Waals surface area contributed by atoms with E-state index in [1.165, 1.54) is 37.7 Å². The molecule has 0 amide bonds. The summed E-state index contributed by atoms with van der Waals surface area (Å²) in [7, 11) is 0. The van der Waals surface area contributed by atoms with Gasteiger partial charge in [0, 0.05) is 0 Å². The van der Waals surface area contributed by atoms with Gasteiger partial charge in [-0.15, -0.1) is 12.6 Å². The van der Waals surface area contributed by atoms with Crippen LogP contribution in [0.15, 0.2) is 47.6 Å². The Balaban J connectivity index is 1.41. The number of rotatable bonds is 6. The van der Waals surface area contributed by atoms with Gasteiger partial charge in [-0.3, -0.25) is 9.59 Å². The molecule has 4 aliphatic rings. The molecule has 0 heterocycles. The summed E-state index contributed by atoms with van der Waals surface area (Å²) in [5.41, 5.74) is 3.34. The van der Waals surface area contributed by atoms with Gasteiger partial charge in [-0.1, -0.05) is 42.9 Å². The lowest BCUT2D eigenvalue weighted by Gasteiger charge is -2.42. The Hall–Kier alpha value is -1.39. The van der Waals surface area contributed by atoms with Crippen LogP contribution in [0.3, 0.4) is 0 Å². The van der Waals surface area contributed by atoms with E-state index in [0.717, 1.165) is 31.3 Å². The molecule has 31 heavy (non-hydrogen) atoms. The highest BCUT2D eigenvalue weighted by Crippen LogP contribution is 2.58. The molecular weight excluding hydrogens is 404 g/mol. The topological polar surface area (TPSA) is 54.4 Å². The SMILES string of the molecule is C=C1CC/C(=C/C=C2\CCCC3(C)C(C/C=C/C(=O)C4(C(=O)S)CC4)CCC23)CC1O. The predicted molar refractivity (Wildman–Crippen MR) is 128 cm³/mol. The summed E-state index contributed by atoms with van der Waals surface area (Å²) in [4.78, 5) is 24.1. The number of fused-ring (bicyclic) bond motifs is 1. The second kappa shape index (κ2) is 8.86. The molecule has 0 aromatic carbocycles. The van der Waals surface area contributed by atoms with Crippen molar-refractivity contribution in [3.05, 3.63) is 47.6 Å². The van der Waals surface area contributed by atoms with Crippen molar-refractivity contribution in [2.45, 2.75) is 83.7 Å². The summed E-state index contributed by atoms with van der Waals surface area (Å²) in [6.45, 7) is 6.41. The highest BCUT2D eigenvalue weighted by molar-refractivity contribution is 7.96. The van der Waals surface area contributed by atoms with E-state index in [4.69, 9.17) is 0 Å². The molecular formula is C27H36O3S. The van der Waals surface area contributed by atoms with Crippen LogP contribution in [-0.4, -0.2) is 22.1 Å². The van der Waals surface area contributed by atoms with Crippen molar-refractivity contribution in [1.82, 2.24) is 0 Å². The number of carbonyl (C=O) groups is 2. The molecule has 0 bridgehead atoms. The molecule has 4 rings (SSSR count). The first-order valence-electron chi connectivity index (χ1n) is 11.9. The van der Waals surface area contributed by atoms with Gasteiger partial charge >= 0.3 is 0 Å². The molecule has 1 N–H and O–H groups in total. The summed E-state index contributed by atoms with van der Waals surface area (Å²) < 4.78 is 0. The average Bonchev–Trinajstić information content (AvgIpc) is 3.48. The van der Waals surface area contributed by atoms with Crippen molar-refractivity contribution >= 4 is 23.5 Å². The molecule has 168 valence electrons. The van der Waals surface area contributed by atoms with Gasteiger partial charge in [-0.25, -0.2) is 0 Å². The van der Waals surface area contributed by atoms with E-state index in [-0.39, 0.29) is 22.4 Å². The first-order chi connectivity index (χ1) is 14.8. The van der Waals surface area contributed by atoms with Crippen molar-refractivity contribution in [3.63, 3.8) is 0 Å². The number of hydrogen-bond donors (Lipinski definition) is 2. The van der Waals surface area contributed by atoms with Gasteiger partial charge in [0.25, 0.3) is 0 Å². The van der Waals surface area contributed by atoms with Gasteiger partial charge < -0.3 is 5.11 Å². The molecule has 4 fully saturated rings. The maximum atomic E-state index is 12.4. The zero-order valence-corrected chi connectivity index (χ0v) is 19.6. The van der Waals surface area contributed by atoms with E-state index in [2.05, 4.69) is 38.3 Å². The third kappa shape index (κ3) is 4.43. The standard InChI is InChI=1S/C27H36O3S/c1-18-8-9-19(17-23(18)28)10-11-20-5-4-14-26(2)21(12-13-22(20)26)6-3-7-24(29)27(15-16-27)25(30)31/h3,7,10-11,21-23,28H,1,4-6,8-9,12-17H2,2H3,(H,30,31)/b7-3+,19-10-,20-11+. The van der Waals surface area contributed by atoms with Gasteiger partial charge in [0.2, 0.25) is 0 Å². The minimum absolute atomic E-state index is 0.0552. The molecule has 4 aliphatic carbocycles. The van der Waals surface area contributed by atoms with Crippen LogP contribution in [0.4, 0.5) is 0 Å². The molecule has 0 saturated heterocycles. The maximum Gasteiger partial charge on any atom is 0.199 e. The molecule has 4 atom stereocenters. The van der Waals surface area contributed by atoms with Crippen molar-refractivity contribution < 1.29 is 14.7 Å². The largest absolute Gasteiger partial charge is 0.388 e. The molecule has 4 saturated carbocycles. The zero-order valence-electron chi connectivity index (χ0n) is 18.7. The van der Waals surface area contributed by atoms with Crippen LogP contribution in [-0.2, 0) is 9.59 Å². The van der Waals surface area contributed by atoms with Crippen molar-refractivity contribution in [2.75, 3.05) is 0 Å². The Morgan fingerprint density at radius 1 is 1.16 bits per heavy atom. The van der Waals surface area contributed by atoms with E-state index < -0.39 is 5.41 Å². The van der Waals surface area contributed by atoms with Crippen LogP contribution in [0, 0.1) is 22.7 Å². The fourth-order valence-corrected chi connectivity index (χ4v) is 6.62. The minimum Gasteiger partial charge on any atom is -0.388 e. The second-order valence-electron chi connectivity index (χ2n) is 10.5. The van der Waals surface area contributed by atoms with Crippen LogP contribution in [0.5, 0.6) is 0 Å². The summed E-state index contributed by atoms with van der Waals surface area (Å²) in [6, 6.07) is 0. The Bertz CT molecular complexity index is 860. The van der Waals surface area contributed by atoms with Crippen molar-refractivity contribution in [3.8, 4) is 0 Å². The lowest BCUT2D eigenvalue weighted by molar-refractivity contribution is -0.126. The average molecular weight is 441 g/mol. The molecule has 0 aliphatic heterocycles. The molecule has 4 heteroatoms. The van der Waals surface area contributed by atoms with E-state index >= 15 is 0 Å². The number of aliphatic hydroxyl groups is 1. The van der Waals surface area contributed by atoms with Crippen LogP contribution < -0.4 is 0 Å². The molecule has 0 aromatic heterocycles. The molecule has 4 unspecified atom stereocenters. The minimum atomic E-state index is -0.810. The van der Waals surface area contributed by atoms with Crippen LogP contribution >= 0.6 is 12.6 Å². The molecule has 3 nitrogen and oxygen atoms in total. The van der Waals surface area contributed by atoms with Crippen LogP contribution in [0.2, 0.25) is 0 Å². The highest BCUT2D eigenvalue weighted by Gasteiger charge is 2.53. The molecule has 0 aromatic rings. The Morgan fingerprint density at radius 3 is 2.61 bits per heavy atom. The fraction of sp³-hybridized carbons (Fsp3) is 0.630. The van der Waals surface area contributed by atoms with Gasteiger partial charge in [0.15, 0.2) is 10.9 Å². The number of ketones is 1. The van der Waals surface area contributed by atoms with E-state index in [0.29, 0.717) is 24.7 Å². The van der Waals surface area contributed by atoms with Crippen LogP contribution in [0.1, 0.15) is 77.6 Å².